The van der Waals surface area contributed by atoms with E-state index in [9.17, 15) is 13.6 Å². The third-order valence-electron chi connectivity index (χ3n) is 2.23. The van der Waals surface area contributed by atoms with Crippen LogP contribution in [0.2, 0.25) is 0 Å². The highest BCUT2D eigenvalue weighted by molar-refractivity contribution is 14.1. The normalized spacial score (nSPS) is 10.7. The summed E-state index contributed by atoms with van der Waals surface area (Å²) in [6.45, 7) is 3.52. The summed E-state index contributed by atoms with van der Waals surface area (Å²) in [5.41, 5.74) is 0.628. The van der Waals surface area contributed by atoms with Gasteiger partial charge in [-0.25, -0.2) is 13.8 Å². The van der Waals surface area contributed by atoms with Crippen molar-refractivity contribution in [2.75, 3.05) is 6.61 Å². The second kappa shape index (κ2) is 6.23. The van der Waals surface area contributed by atoms with Crippen LogP contribution in [0.15, 0.2) is 6.07 Å². The van der Waals surface area contributed by atoms with Gasteiger partial charge in [0, 0.05) is 0 Å². The van der Waals surface area contributed by atoms with Gasteiger partial charge in [0.25, 0.3) is 6.43 Å². The van der Waals surface area contributed by atoms with Crippen molar-refractivity contribution < 1.29 is 18.3 Å². The molecule has 3 nitrogen and oxygen atoms in total. The monoisotopic (exact) mass is 355 g/mol. The van der Waals surface area contributed by atoms with Gasteiger partial charge in [-0.2, -0.15) is 0 Å². The maximum absolute atomic E-state index is 12.7. The SMILES string of the molecule is CCOC(=O)Cc1cc(I)nc(C(F)F)c1C. The number of hydrogen-bond acceptors (Lipinski definition) is 3. The minimum atomic E-state index is -2.63. The lowest BCUT2D eigenvalue weighted by atomic mass is 10.1. The number of rotatable bonds is 4. The molecule has 0 aromatic carbocycles. The topological polar surface area (TPSA) is 39.2 Å². The van der Waals surface area contributed by atoms with Crippen LogP contribution in [0.4, 0.5) is 8.78 Å². The fraction of sp³-hybridized carbons (Fsp3) is 0.455. The molecule has 0 bridgehead atoms. The molecule has 17 heavy (non-hydrogen) atoms. The number of nitrogens with zero attached hydrogens (tertiary/aromatic N) is 1. The summed E-state index contributed by atoms with van der Waals surface area (Å²) in [6.07, 6.45) is -2.64. The summed E-state index contributed by atoms with van der Waals surface area (Å²) >= 11 is 1.85. The van der Waals surface area contributed by atoms with E-state index in [-0.39, 0.29) is 18.7 Å². The Balaban J connectivity index is 3.03. The van der Waals surface area contributed by atoms with Gasteiger partial charge in [-0.05, 0) is 53.6 Å². The highest BCUT2D eigenvalue weighted by Crippen LogP contribution is 2.24. The lowest BCUT2D eigenvalue weighted by Gasteiger charge is -2.10. The molecule has 1 heterocycles. The largest absolute Gasteiger partial charge is 0.466 e. The van der Waals surface area contributed by atoms with Crippen LogP contribution in [-0.2, 0) is 16.0 Å². The van der Waals surface area contributed by atoms with Gasteiger partial charge in [0.1, 0.15) is 9.39 Å². The number of halogens is 3. The minimum absolute atomic E-state index is 0.00207. The molecule has 0 saturated carbocycles. The highest BCUT2D eigenvalue weighted by Gasteiger charge is 2.18. The number of carbonyl (C=O) groups excluding carboxylic acids is 1. The van der Waals surface area contributed by atoms with Crippen LogP contribution in [0.3, 0.4) is 0 Å². The molecule has 1 aromatic rings. The number of ether oxygens (including phenoxy) is 1. The first-order valence-electron chi connectivity index (χ1n) is 5.05. The molecule has 0 saturated heterocycles. The zero-order valence-electron chi connectivity index (χ0n) is 9.47. The van der Waals surface area contributed by atoms with Crippen LogP contribution in [-0.4, -0.2) is 17.6 Å². The van der Waals surface area contributed by atoms with Crippen LogP contribution in [0.1, 0.15) is 30.2 Å². The van der Waals surface area contributed by atoms with E-state index in [2.05, 4.69) is 4.98 Å². The summed E-state index contributed by atoms with van der Waals surface area (Å²) in [7, 11) is 0. The number of aromatic nitrogens is 1. The van der Waals surface area contributed by atoms with Crippen molar-refractivity contribution in [2.45, 2.75) is 26.7 Å². The summed E-state index contributed by atoms with van der Waals surface area (Å²) in [4.78, 5) is 15.1. The lowest BCUT2D eigenvalue weighted by Crippen LogP contribution is -2.11. The Labute approximate surface area is 112 Å². The molecular formula is C11H12F2INO2. The molecule has 94 valence electrons. The quantitative estimate of drug-likeness (QED) is 0.474. The zero-order chi connectivity index (χ0) is 13.0. The Kier molecular flexibility index (Phi) is 5.23. The minimum Gasteiger partial charge on any atom is -0.466 e. The van der Waals surface area contributed by atoms with E-state index in [1.165, 1.54) is 0 Å². The van der Waals surface area contributed by atoms with E-state index in [1.54, 1.807) is 19.9 Å². The summed E-state index contributed by atoms with van der Waals surface area (Å²) in [5.74, 6) is -0.419. The van der Waals surface area contributed by atoms with Gasteiger partial charge < -0.3 is 4.74 Å². The molecule has 0 radical (unpaired) electrons. The Bertz CT molecular complexity index is 424. The second-order valence-corrected chi connectivity index (χ2v) is 4.50. The number of hydrogen-bond donors (Lipinski definition) is 0. The van der Waals surface area contributed by atoms with Crippen LogP contribution in [0, 0.1) is 10.6 Å². The van der Waals surface area contributed by atoms with Crippen molar-refractivity contribution in [1.29, 1.82) is 0 Å². The van der Waals surface area contributed by atoms with Crippen molar-refractivity contribution in [3.8, 4) is 0 Å². The van der Waals surface area contributed by atoms with Crippen LogP contribution < -0.4 is 0 Å². The van der Waals surface area contributed by atoms with Gasteiger partial charge in [0.2, 0.25) is 0 Å². The highest BCUT2D eigenvalue weighted by atomic mass is 127. The molecule has 0 aliphatic carbocycles. The van der Waals surface area contributed by atoms with E-state index in [0.717, 1.165) is 0 Å². The van der Waals surface area contributed by atoms with E-state index in [4.69, 9.17) is 4.74 Å². The molecule has 1 rings (SSSR count). The number of pyridine rings is 1. The average molecular weight is 355 g/mol. The summed E-state index contributed by atoms with van der Waals surface area (Å²) in [6, 6.07) is 1.62. The van der Waals surface area contributed by atoms with Gasteiger partial charge in [-0.3, -0.25) is 4.79 Å². The van der Waals surface area contributed by atoms with E-state index in [1.807, 2.05) is 22.6 Å². The van der Waals surface area contributed by atoms with Crippen molar-refractivity contribution in [3.05, 3.63) is 26.6 Å². The zero-order valence-corrected chi connectivity index (χ0v) is 11.6. The molecule has 0 aliphatic heterocycles. The van der Waals surface area contributed by atoms with Crippen LogP contribution in [0.25, 0.3) is 0 Å². The Morgan fingerprint density at radius 3 is 2.76 bits per heavy atom. The molecule has 0 atom stereocenters. The molecule has 6 heteroatoms. The summed E-state index contributed by atoms with van der Waals surface area (Å²) < 4.78 is 30.6. The van der Waals surface area contributed by atoms with Crippen molar-refractivity contribution >= 4 is 28.6 Å². The molecule has 0 unspecified atom stereocenters. The van der Waals surface area contributed by atoms with Gasteiger partial charge in [-0.15, -0.1) is 0 Å². The van der Waals surface area contributed by atoms with Crippen LogP contribution >= 0.6 is 22.6 Å². The third kappa shape index (κ3) is 3.86. The van der Waals surface area contributed by atoms with Gasteiger partial charge in [0.15, 0.2) is 0 Å². The fourth-order valence-electron chi connectivity index (χ4n) is 1.41. The molecular weight excluding hydrogens is 343 g/mol. The van der Waals surface area contributed by atoms with Crippen molar-refractivity contribution in [2.24, 2.45) is 0 Å². The smallest absolute Gasteiger partial charge is 0.310 e. The van der Waals surface area contributed by atoms with Gasteiger partial charge in [-0.1, -0.05) is 0 Å². The first-order valence-corrected chi connectivity index (χ1v) is 6.13. The predicted octanol–water partition coefficient (Wildman–Crippen LogP) is 3.04. The van der Waals surface area contributed by atoms with E-state index >= 15 is 0 Å². The Hall–Kier alpha value is -0.790. The standard InChI is InChI=1S/C11H12F2INO2/c1-3-17-9(16)5-7-4-8(14)15-10(6(7)2)11(12)13/h4,11H,3,5H2,1-2H3. The number of esters is 1. The first kappa shape index (κ1) is 14.3. The van der Waals surface area contributed by atoms with Crippen molar-refractivity contribution in [3.63, 3.8) is 0 Å². The first-order chi connectivity index (χ1) is 7.95. The number of alkyl halides is 2. The lowest BCUT2D eigenvalue weighted by molar-refractivity contribution is -0.142. The van der Waals surface area contributed by atoms with Gasteiger partial charge in [0.05, 0.1) is 13.0 Å². The number of carbonyl (C=O) groups is 1. The van der Waals surface area contributed by atoms with Gasteiger partial charge >= 0.3 is 5.97 Å². The Morgan fingerprint density at radius 2 is 2.24 bits per heavy atom. The maximum atomic E-state index is 12.7. The molecule has 0 N–H and O–H groups in total. The molecule has 0 fully saturated rings. The van der Waals surface area contributed by atoms with E-state index < -0.39 is 12.4 Å². The second-order valence-electron chi connectivity index (χ2n) is 3.40. The van der Waals surface area contributed by atoms with Crippen LogP contribution in [0.5, 0.6) is 0 Å². The maximum Gasteiger partial charge on any atom is 0.310 e. The predicted molar refractivity (Wildman–Crippen MR) is 67.0 cm³/mol. The molecule has 0 amide bonds. The molecule has 1 aromatic heterocycles. The van der Waals surface area contributed by atoms with Crippen molar-refractivity contribution in [1.82, 2.24) is 4.98 Å². The fourth-order valence-corrected chi connectivity index (χ4v) is 2.05. The molecule has 0 aliphatic rings. The Morgan fingerprint density at radius 1 is 1.59 bits per heavy atom. The summed E-state index contributed by atoms with van der Waals surface area (Å²) in [5, 5.41) is 0. The average Bonchev–Trinajstić information content (AvgIpc) is 2.22. The van der Waals surface area contributed by atoms with E-state index in [0.29, 0.717) is 14.8 Å². The molecule has 0 spiro atoms. The third-order valence-corrected chi connectivity index (χ3v) is 2.79.